The summed E-state index contributed by atoms with van der Waals surface area (Å²) in [7, 11) is 0. The largest absolute Gasteiger partial charge is 0.454 e. The van der Waals surface area contributed by atoms with Gasteiger partial charge in [-0.25, -0.2) is 0 Å². The van der Waals surface area contributed by atoms with Gasteiger partial charge in [-0.3, -0.25) is 9.59 Å². The molecule has 1 aromatic carbocycles. The fraction of sp³-hybridized carbons (Fsp3) is 0.474. The lowest BCUT2D eigenvalue weighted by Gasteiger charge is -2.30. The molecule has 4 nitrogen and oxygen atoms in total. The minimum absolute atomic E-state index is 0.0636. The Bertz CT molecular complexity index is 846. The number of likely N-dealkylation sites (tertiary alicyclic amines) is 1. The molecule has 140 valence electrons. The molecule has 0 bridgehead atoms. The molecule has 0 unspecified atom stereocenters. The van der Waals surface area contributed by atoms with Crippen molar-refractivity contribution in [2.24, 2.45) is 5.92 Å². The molecule has 0 N–H and O–H groups in total. The Morgan fingerprint density at radius 1 is 1.15 bits per heavy atom. The van der Waals surface area contributed by atoms with Crippen LogP contribution in [0.15, 0.2) is 24.3 Å². The molecule has 1 aliphatic rings. The molecule has 0 aliphatic carbocycles. The second-order valence-corrected chi connectivity index (χ2v) is 6.95. The molecule has 1 amide bonds. The zero-order valence-electron chi connectivity index (χ0n) is 14.8. The van der Waals surface area contributed by atoms with Gasteiger partial charge >= 0.3 is 6.18 Å². The van der Waals surface area contributed by atoms with Crippen molar-refractivity contribution in [2.45, 2.75) is 39.4 Å². The van der Waals surface area contributed by atoms with Crippen LogP contribution in [0.3, 0.4) is 0 Å². The van der Waals surface area contributed by atoms with E-state index < -0.39 is 12.0 Å². The Morgan fingerprint density at radius 2 is 1.77 bits per heavy atom. The number of piperidine rings is 1. The number of fused-ring (bicyclic) bond motifs is 1. The van der Waals surface area contributed by atoms with Crippen LogP contribution in [0.25, 0.3) is 10.9 Å². The Hall–Kier alpha value is -2.31. The summed E-state index contributed by atoms with van der Waals surface area (Å²) >= 11 is 0. The summed E-state index contributed by atoms with van der Waals surface area (Å²) in [6, 6.07) is 6.41. The zero-order valence-corrected chi connectivity index (χ0v) is 14.8. The summed E-state index contributed by atoms with van der Waals surface area (Å²) < 4.78 is 40.5. The van der Waals surface area contributed by atoms with Gasteiger partial charge in [-0.1, -0.05) is 25.1 Å². The third-order valence-electron chi connectivity index (χ3n) is 5.15. The van der Waals surface area contributed by atoms with Crippen LogP contribution in [-0.2, 0) is 11.3 Å². The number of para-hydroxylation sites is 1. The number of Topliss-reactive ketones (excluding diaryl/α,β-unsaturated/α-hetero) is 1. The molecular formula is C19H21F3N2O2. The number of alkyl halides is 3. The lowest BCUT2D eigenvalue weighted by Crippen LogP contribution is -2.39. The molecule has 1 aliphatic heterocycles. The van der Waals surface area contributed by atoms with Gasteiger partial charge in [0.05, 0.1) is 5.56 Å². The minimum Gasteiger partial charge on any atom is -0.341 e. The van der Waals surface area contributed by atoms with E-state index in [4.69, 9.17) is 0 Å². The zero-order chi connectivity index (χ0) is 19.1. The average Bonchev–Trinajstić information content (AvgIpc) is 2.86. The topological polar surface area (TPSA) is 42.3 Å². The number of amides is 1. The van der Waals surface area contributed by atoms with Crippen molar-refractivity contribution in [1.29, 1.82) is 0 Å². The summed E-state index contributed by atoms with van der Waals surface area (Å²) in [5.74, 6) is -1.43. The fourth-order valence-electron chi connectivity index (χ4n) is 3.56. The Labute approximate surface area is 149 Å². The fourth-order valence-corrected chi connectivity index (χ4v) is 3.56. The molecule has 1 saturated heterocycles. The predicted molar refractivity (Wildman–Crippen MR) is 92.0 cm³/mol. The Balaban J connectivity index is 1.98. The number of aromatic nitrogens is 1. The first-order valence-electron chi connectivity index (χ1n) is 8.67. The number of hydrogen-bond donors (Lipinski definition) is 0. The van der Waals surface area contributed by atoms with Crippen LogP contribution >= 0.6 is 0 Å². The first-order valence-corrected chi connectivity index (χ1v) is 8.67. The SMILES string of the molecule is Cc1c(C(=O)C(F)(F)F)c2ccccc2n1CC(=O)N1CCC(C)CC1. The Morgan fingerprint density at radius 3 is 2.38 bits per heavy atom. The maximum absolute atomic E-state index is 13.0. The quantitative estimate of drug-likeness (QED) is 0.772. The van der Waals surface area contributed by atoms with Gasteiger partial charge in [-0.15, -0.1) is 0 Å². The summed E-state index contributed by atoms with van der Waals surface area (Å²) in [5, 5.41) is 0.229. The molecule has 0 saturated carbocycles. The lowest BCUT2D eigenvalue weighted by molar-refractivity contribution is -0.133. The molecule has 7 heteroatoms. The van der Waals surface area contributed by atoms with Gasteiger partial charge in [0.2, 0.25) is 5.91 Å². The van der Waals surface area contributed by atoms with Crippen LogP contribution in [0.4, 0.5) is 13.2 Å². The summed E-state index contributed by atoms with van der Waals surface area (Å²) in [4.78, 5) is 26.3. The average molecular weight is 366 g/mol. The molecule has 0 spiro atoms. The predicted octanol–water partition coefficient (Wildman–Crippen LogP) is 3.95. The number of rotatable bonds is 3. The number of benzene rings is 1. The second-order valence-electron chi connectivity index (χ2n) is 6.95. The maximum atomic E-state index is 13.0. The monoisotopic (exact) mass is 366 g/mol. The van der Waals surface area contributed by atoms with Crippen molar-refractivity contribution in [3.05, 3.63) is 35.5 Å². The van der Waals surface area contributed by atoms with Crippen molar-refractivity contribution in [3.63, 3.8) is 0 Å². The molecule has 0 atom stereocenters. The third kappa shape index (κ3) is 3.34. The third-order valence-corrected chi connectivity index (χ3v) is 5.15. The normalized spacial score (nSPS) is 16.3. The highest BCUT2D eigenvalue weighted by molar-refractivity contribution is 6.12. The number of ketones is 1. The van der Waals surface area contributed by atoms with E-state index in [1.165, 1.54) is 17.6 Å². The maximum Gasteiger partial charge on any atom is 0.454 e. The van der Waals surface area contributed by atoms with Crippen molar-refractivity contribution >= 4 is 22.6 Å². The molecular weight excluding hydrogens is 345 g/mol. The molecule has 2 aromatic rings. The molecule has 1 fully saturated rings. The van der Waals surface area contributed by atoms with Crippen LogP contribution in [0.1, 0.15) is 35.8 Å². The number of carbonyl (C=O) groups is 2. The highest BCUT2D eigenvalue weighted by Crippen LogP contribution is 2.32. The minimum atomic E-state index is -4.95. The van der Waals surface area contributed by atoms with E-state index in [0.717, 1.165) is 12.8 Å². The van der Waals surface area contributed by atoms with Crippen molar-refractivity contribution in [1.82, 2.24) is 9.47 Å². The standard InChI is InChI=1S/C19H21F3N2O2/c1-12-7-9-23(10-8-12)16(25)11-24-13(2)17(18(26)19(20,21)22)14-5-3-4-6-15(14)24/h3-6,12H,7-11H2,1-2H3. The van der Waals surface area contributed by atoms with Gasteiger partial charge in [0.15, 0.2) is 0 Å². The van der Waals surface area contributed by atoms with Crippen molar-refractivity contribution in [3.8, 4) is 0 Å². The van der Waals surface area contributed by atoms with Crippen molar-refractivity contribution < 1.29 is 22.8 Å². The molecule has 26 heavy (non-hydrogen) atoms. The van der Waals surface area contributed by atoms with E-state index in [9.17, 15) is 22.8 Å². The van der Waals surface area contributed by atoms with E-state index in [-0.39, 0.29) is 29.1 Å². The number of hydrogen-bond acceptors (Lipinski definition) is 2. The summed E-state index contributed by atoms with van der Waals surface area (Å²) in [5.41, 5.74) is 0.275. The van der Waals surface area contributed by atoms with Gasteiger partial charge in [0, 0.05) is 29.7 Å². The van der Waals surface area contributed by atoms with Gasteiger partial charge in [-0.2, -0.15) is 13.2 Å². The highest BCUT2D eigenvalue weighted by atomic mass is 19.4. The number of nitrogens with zero attached hydrogens (tertiary/aromatic N) is 2. The van der Waals surface area contributed by atoms with E-state index in [0.29, 0.717) is 24.5 Å². The van der Waals surface area contributed by atoms with Crippen molar-refractivity contribution in [2.75, 3.05) is 13.1 Å². The van der Waals surface area contributed by atoms with E-state index in [2.05, 4.69) is 6.92 Å². The van der Waals surface area contributed by atoms with Gasteiger partial charge in [-0.05, 0) is 31.7 Å². The van der Waals surface area contributed by atoms with Gasteiger partial charge < -0.3 is 9.47 Å². The van der Waals surface area contributed by atoms with E-state index >= 15 is 0 Å². The van der Waals surface area contributed by atoms with Gasteiger partial charge in [0.1, 0.15) is 6.54 Å². The number of halogens is 3. The van der Waals surface area contributed by atoms with Crippen LogP contribution in [0.5, 0.6) is 0 Å². The first-order chi connectivity index (χ1) is 12.2. The molecule has 3 rings (SSSR count). The smallest absolute Gasteiger partial charge is 0.341 e. The molecule has 0 radical (unpaired) electrons. The molecule has 1 aromatic heterocycles. The summed E-state index contributed by atoms with van der Waals surface area (Å²) in [6.07, 6.45) is -3.10. The number of carbonyl (C=O) groups excluding carboxylic acids is 2. The van der Waals surface area contributed by atoms with Crippen LogP contribution < -0.4 is 0 Å². The second kappa shape index (κ2) is 6.78. The van der Waals surface area contributed by atoms with Crippen LogP contribution in [0, 0.1) is 12.8 Å². The van der Waals surface area contributed by atoms with E-state index in [1.807, 2.05) is 0 Å². The van der Waals surface area contributed by atoms with Gasteiger partial charge in [0.25, 0.3) is 5.78 Å². The summed E-state index contributed by atoms with van der Waals surface area (Å²) in [6.45, 7) is 4.86. The van der Waals surface area contributed by atoms with Crippen LogP contribution in [-0.4, -0.2) is 40.4 Å². The van der Waals surface area contributed by atoms with E-state index in [1.54, 1.807) is 23.1 Å². The van der Waals surface area contributed by atoms with Crippen LogP contribution in [0.2, 0.25) is 0 Å². The first kappa shape index (κ1) is 18.5. The Kier molecular flexibility index (Phi) is 4.82. The molecule has 2 heterocycles. The lowest BCUT2D eigenvalue weighted by atomic mass is 9.99. The highest BCUT2D eigenvalue weighted by Gasteiger charge is 2.42.